The number of ether oxygens (including phenoxy) is 2. The summed E-state index contributed by atoms with van der Waals surface area (Å²) < 4.78 is 25.0. The molecule has 43 heavy (non-hydrogen) atoms. The highest BCUT2D eigenvalue weighted by Gasteiger charge is 2.40. The van der Waals surface area contributed by atoms with Crippen molar-refractivity contribution in [3.8, 4) is 0 Å². The maximum atomic E-state index is 13.4. The summed E-state index contributed by atoms with van der Waals surface area (Å²) in [5.41, 5.74) is 0.954. The molecule has 1 rings (SSSR count). The molecule has 0 aromatic heterocycles. The Labute approximate surface area is 266 Å². The summed E-state index contributed by atoms with van der Waals surface area (Å²) in [5, 5.41) is 0.194. The third kappa shape index (κ3) is 13.2. The van der Waals surface area contributed by atoms with Gasteiger partial charge in [0.25, 0.3) is 0 Å². The molecule has 1 aliphatic rings. The van der Waals surface area contributed by atoms with Crippen LogP contribution in [0.2, 0.25) is 36.3 Å². The first-order chi connectivity index (χ1) is 19.5. The van der Waals surface area contributed by atoms with Crippen LogP contribution in [0.5, 0.6) is 0 Å². The highest BCUT2D eigenvalue weighted by molar-refractivity contribution is 6.74. The van der Waals surface area contributed by atoms with Gasteiger partial charge in [0.1, 0.15) is 12.2 Å². The van der Waals surface area contributed by atoms with Crippen LogP contribution in [0.1, 0.15) is 95.4 Å². The van der Waals surface area contributed by atoms with Crippen molar-refractivity contribution in [3.63, 3.8) is 0 Å². The van der Waals surface area contributed by atoms with Crippen LogP contribution in [0.3, 0.4) is 0 Å². The molecule has 0 radical (unpaired) electrons. The molecular formula is C35H64O6Si2. The number of hydrogen-bond acceptors (Lipinski definition) is 6. The molecule has 1 aliphatic heterocycles. The highest BCUT2D eigenvalue weighted by Crippen LogP contribution is 2.39. The van der Waals surface area contributed by atoms with Crippen molar-refractivity contribution in [2.24, 2.45) is 17.8 Å². The van der Waals surface area contributed by atoms with Crippen molar-refractivity contribution in [1.82, 2.24) is 0 Å². The van der Waals surface area contributed by atoms with Gasteiger partial charge in [-0.15, -0.1) is 0 Å². The summed E-state index contributed by atoms with van der Waals surface area (Å²) in [5.74, 6) is -0.315. The minimum Gasteiger partial charge on any atom is -0.458 e. The van der Waals surface area contributed by atoms with Crippen LogP contribution in [0, 0.1) is 17.8 Å². The van der Waals surface area contributed by atoms with Crippen LogP contribution in [0.4, 0.5) is 0 Å². The maximum Gasteiger partial charge on any atom is 0.308 e. The Kier molecular flexibility index (Phi) is 14.9. The highest BCUT2D eigenvalue weighted by atomic mass is 28.4. The molecule has 0 aromatic rings. The van der Waals surface area contributed by atoms with Gasteiger partial charge in [-0.25, -0.2) is 0 Å². The van der Waals surface area contributed by atoms with E-state index in [9.17, 15) is 9.59 Å². The minimum atomic E-state index is -2.12. The van der Waals surface area contributed by atoms with Gasteiger partial charge in [-0.1, -0.05) is 86.6 Å². The maximum absolute atomic E-state index is 13.4. The average Bonchev–Trinajstić information content (AvgIpc) is 2.84. The molecule has 8 heteroatoms. The van der Waals surface area contributed by atoms with Gasteiger partial charge in [-0.05, 0) is 79.5 Å². The molecule has 0 fully saturated rings. The Balaban J connectivity index is 3.26. The van der Waals surface area contributed by atoms with Crippen LogP contribution in [-0.2, 0) is 27.9 Å². The number of carbonyl (C=O) groups is 2. The van der Waals surface area contributed by atoms with Crippen molar-refractivity contribution in [2.45, 2.75) is 150 Å². The summed E-state index contributed by atoms with van der Waals surface area (Å²) in [6.07, 6.45) is 10.8. The molecule has 1 heterocycles. The lowest BCUT2D eigenvalue weighted by Gasteiger charge is -2.39. The predicted molar refractivity (Wildman–Crippen MR) is 184 cm³/mol. The minimum absolute atomic E-state index is 0.0186. The monoisotopic (exact) mass is 636 g/mol. The fourth-order valence-corrected chi connectivity index (χ4v) is 6.93. The lowest BCUT2D eigenvalue weighted by molar-refractivity contribution is -0.151. The van der Waals surface area contributed by atoms with E-state index in [0.29, 0.717) is 13.0 Å². The molecule has 0 N–H and O–H groups in total. The number of allylic oxidation sites excluding steroid dienone is 2. The third-order valence-electron chi connectivity index (χ3n) is 9.57. The van der Waals surface area contributed by atoms with Crippen LogP contribution in [-0.4, -0.2) is 53.5 Å². The lowest BCUT2D eigenvalue weighted by atomic mass is 9.92. The van der Waals surface area contributed by atoms with Crippen LogP contribution in [0.15, 0.2) is 36.0 Å². The molecular weight excluding hydrogens is 573 g/mol. The van der Waals surface area contributed by atoms with Gasteiger partial charge in [0, 0.05) is 19.4 Å². The van der Waals surface area contributed by atoms with E-state index in [4.69, 9.17) is 18.3 Å². The quantitative estimate of drug-likeness (QED) is 0.109. The van der Waals surface area contributed by atoms with Crippen molar-refractivity contribution >= 4 is 28.6 Å². The third-order valence-corrected chi connectivity index (χ3v) is 18.6. The van der Waals surface area contributed by atoms with Gasteiger partial charge >= 0.3 is 11.9 Å². The number of hydrogen-bond donors (Lipinski definition) is 0. The second-order valence-corrected chi connectivity index (χ2v) is 25.4. The van der Waals surface area contributed by atoms with Gasteiger partial charge < -0.3 is 18.3 Å². The van der Waals surface area contributed by atoms with E-state index in [2.05, 4.69) is 87.7 Å². The first kappa shape index (κ1) is 39.5. The van der Waals surface area contributed by atoms with Gasteiger partial charge in [-0.2, -0.15) is 0 Å². The standard InChI is InChI=1S/C35H64O6Si2/c1-25(24-38-42(12,13)34(6,7)8)17-16-18-27(3)33-28(4)20-22-31(39-29(5)36)26(2)19-21-30(23-32(37)40-33)41-43(14,15)35(9,10)11/h16-18,20,22,25-26,28,30-31,33H,19,21,23-24H2,1-15H3/b17-16+,22-20+,27-18+/t25-,26+,28+,30-,31+,33-/m1/s1. The molecule has 0 saturated heterocycles. The second-order valence-electron chi connectivity index (χ2n) is 15.8. The predicted octanol–water partition coefficient (Wildman–Crippen LogP) is 9.39. The Morgan fingerprint density at radius 2 is 1.58 bits per heavy atom. The molecule has 0 bridgehead atoms. The fraction of sp³-hybridized carbons (Fsp3) is 0.771. The molecule has 0 aromatic carbocycles. The van der Waals surface area contributed by atoms with E-state index in [1.54, 1.807) is 0 Å². The summed E-state index contributed by atoms with van der Waals surface area (Å²) >= 11 is 0. The van der Waals surface area contributed by atoms with E-state index in [-0.39, 0.29) is 58.4 Å². The summed E-state index contributed by atoms with van der Waals surface area (Å²) in [6.45, 7) is 32.8. The van der Waals surface area contributed by atoms with E-state index < -0.39 is 22.7 Å². The summed E-state index contributed by atoms with van der Waals surface area (Å²) in [7, 11) is -3.93. The van der Waals surface area contributed by atoms with Gasteiger partial charge in [0.15, 0.2) is 16.6 Å². The average molecular weight is 637 g/mol. The largest absolute Gasteiger partial charge is 0.458 e. The van der Waals surface area contributed by atoms with Crippen LogP contribution >= 0.6 is 0 Å². The van der Waals surface area contributed by atoms with Gasteiger partial charge in [0.05, 0.1) is 12.5 Å². The smallest absolute Gasteiger partial charge is 0.308 e. The zero-order valence-corrected chi connectivity index (χ0v) is 32.1. The van der Waals surface area contributed by atoms with Crippen molar-refractivity contribution in [3.05, 3.63) is 36.0 Å². The van der Waals surface area contributed by atoms with E-state index in [1.165, 1.54) is 6.92 Å². The van der Waals surface area contributed by atoms with E-state index >= 15 is 0 Å². The van der Waals surface area contributed by atoms with Gasteiger partial charge in [-0.3, -0.25) is 9.59 Å². The Bertz CT molecular complexity index is 999. The normalized spacial score (nSPS) is 27.2. The molecule has 0 amide bonds. The first-order valence-electron chi connectivity index (χ1n) is 16.2. The zero-order chi connectivity index (χ0) is 33.4. The molecule has 248 valence electrons. The molecule has 6 atom stereocenters. The Morgan fingerprint density at radius 3 is 2.12 bits per heavy atom. The molecule has 0 saturated carbocycles. The SMILES string of the molecule is CC(=O)O[C@H]1/C=C/[C@H](C)[C@@H](/C(C)=C/C=C/[C@@H](C)CO[Si](C)(C)C(C)(C)C)OC(=O)C[C@H](O[Si](C)(C)C(C)(C)C)CC[C@@H]1C. The van der Waals surface area contributed by atoms with Crippen molar-refractivity contribution < 1.29 is 27.9 Å². The topological polar surface area (TPSA) is 71.1 Å². The van der Waals surface area contributed by atoms with Crippen molar-refractivity contribution in [1.29, 1.82) is 0 Å². The second kappa shape index (κ2) is 16.2. The molecule has 0 aliphatic carbocycles. The van der Waals surface area contributed by atoms with Crippen molar-refractivity contribution in [2.75, 3.05) is 6.61 Å². The van der Waals surface area contributed by atoms with Crippen LogP contribution < -0.4 is 0 Å². The number of esters is 2. The Morgan fingerprint density at radius 1 is 1.00 bits per heavy atom. The molecule has 6 nitrogen and oxygen atoms in total. The summed E-state index contributed by atoms with van der Waals surface area (Å²) in [6, 6.07) is 0. The van der Waals surface area contributed by atoms with Crippen LogP contribution in [0.25, 0.3) is 0 Å². The first-order valence-corrected chi connectivity index (χ1v) is 22.0. The fourth-order valence-electron chi connectivity index (χ4n) is 4.43. The molecule has 0 spiro atoms. The molecule has 0 unspecified atom stereocenters. The van der Waals surface area contributed by atoms with Gasteiger partial charge in [0.2, 0.25) is 0 Å². The number of cyclic esters (lactones) is 1. The lowest BCUT2D eigenvalue weighted by Crippen LogP contribution is -2.45. The number of rotatable bonds is 9. The summed E-state index contributed by atoms with van der Waals surface area (Å²) in [4.78, 5) is 25.3. The zero-order valence-electron chi connectivity index (χ0n) is 30.1. The van der Waals surface area contributed by atoms with E-state index in [0.717, 1.165) is 12.0 Å². The Hall–Kier alpha value is -1.49. The number of carbonyl (C=O) groups excluding carboxylic acids is 2. The van der Waals surface area contributed by atoms with E-state index in [1.807, 2.05) is 38.2 Å².